The molecule has 1 aliphatic rings. The fraction of sp³-hybridized carbons (Fsp3) is 0.647. The van der Waals surface area contributed by atoms with E-state index in [1.54, 1.807) is 0 Å². The molecule has 1 fully saturated rings. The Bertz CT molecular complexity index is 411. The van der Waals surface area contributed by atoms with Gasteiger partial charge in [-0.2, -0.15) is 0 Å². The van der Waals surface area contributed by atoms with Crippen LogP contribution in [0.1, 0.15) is 33.6 Å². The normalized spacial score (nSPS) is 17.5. The molecule has 1 heterocycles. The summed E-state index contributed by atoms with van der Waals surface area (Å²) in [5.74, 6) is 0. The summed E-state index contributed by atoms with van der Waals surface area (Å²) in [6, 6.07) is 11.5. The molecule has 0 spiro atoms. The molecule has 1 aromatic carbocycles. The van der Waals surface area contributed by atoms with Crippen LogP contribution < -0.4 is 5.19 Å². The van der Waals surface area contributed by atoms with Crippen LogP contribution in [0.4, 0.5) is 0 Å². The first kappa shape index (κ1) is 16.7. The van der Waals surface area contributed by atoms with Crippen LogP contribution in [0, 0.1) is 5.41 Å². The van der Waals surface area contributed by atoms with Crippen LogP contribution in [0.3, 0.4) is 0 Å². The Balaban J connectivity index is 2.06. The van der Waals surface area contributed by atoms with Gasteiger partial charge in [-0.15, -0.1) is 0 Å². The van der Waals surface area contributed by atoms with Crippen molar-refractivity contribution in [3.05, 3.63) is 30.3 Å². The van der Waals surface area contributed by atoms with Crippen molar-refractivity contribution in [1.82, 2.24) is 0 Å². The largest absolute Gasteiger partial charge is 0.391 e. The van der Waals surface area contributed by atoms with Gasteiger partial charge in [0.1, 0.15) is 0 Å². The van der Waals surface area contributed by atoms with Crippen molar-refractivity contribution in [3.63, 3.8) is 0 Å². The van der Waals surface area contributed by atoms with E-state index in [0.29, 0.717) is 18.6 Å². The lowest BCUT2D eigenvalue weighted by Crippen LogP contribution is -2.54. The standard InChI is InChI=1S/C17H28O3Si/c1-4-19-21(20-5-2,16-10-7-6-8-11-16)13-9-12-17(3)14-18-15-17/h6-8,10-11H,4-5,9,12-15H2,1-3H3. The molecule has 1 aromatic rings. The predicted molar refractivity (Wildman–Crippen MR) is 88.0 cm³/mol. The predicted octanol–water partition coefficient (Wildman–Crippen LogP) is 3.23. The van der Waals surface area contributed by atoms with Gasteiger partial charge in [0.2, 0.25) is 0 Å². The SMILES string of the molecule is CCO[Si](CCCC1(C)COC1)(OCC)c1ccccc1. The second-order valence-electron chi connectivity index (χ2n) is 6.14. The van der Waals surface area contributed by atoms with Gasteiger partial charge in [-0.05, 0) is 31.5 Å². The Labute approximate surface area is 129 Å². The third-order valence-electron chi connectivity index (χ3n) is 4.16. The Morgan fingerprint density at radius 2 is 1.71 bits per heavy atom. The van der Waals surface area contributed by atoms with Crippen molar-refractivity contribution in [3.8, 4) is 0 Å². The maximum Gasteiger partial charge on any atom is 0.372 e. The second-order valence-corrected chi connectivity index (χ2v) is 9.30. The van der Waals surface area contributed by atoms with E-state index in [0.717, 1.165) is 25.7 Å². The van der Waals surface area contributed by atoms with E-state index in [9.17, 15) is 0 Å². The molecule has 21 heavy (non-hydrogen) atoms. The van der Waals surface area contributed by atoms with Crippen LogP contribution in [0.25, 0.3) is 0 Å². The molecule has 0 aromatic heterocycles. The summed E-state index contributed by atoms with van der Waals surface area (Å²) in [7, 11) is -2.30. The number of benzene rings is 1. The van der Waals surface area contributed by atoms with Crippen LogP contribution in [0.2, 0.25) is 6.04 Å². The summed E-state index contributed by atoms with van der Waals surface area (Å²) < 4.78 is 17.8. The van der Waals surface area contributed by atoms with Gasteiger partial charge in [0.15, 0.2) is 0 Å². The first-order valence-electron chi connectivity index (χ1n) is 8.05. The molecule has 1 aliphatic heterocycles. The van der Waals surface area contributed by atoms with E-state index in [-0.39, 0.29) is 0 Å². The molecular formula is C17H28O3Si. The molecule has 3 nitrogen and oxygen atoms in total. The van der Waals surface area contributed by atoms with Crippen molar-refractivity contribution in [2.75, 3.05) is 26.4 Å². The fourth-order valence-electron chi connectivity index (χ4n) is 3.00. The van der Waals surface area contributed by atoms with Gasteiger partial charge in [0, 0.05) is 18.6 Å². The van der Waals surface area contributed by atoms with Crippen molar-refractivity contribution in [2.45, 2.75) is 39.7 Å². The Morgan fingerprint density at radius 3 is 2.19 bits per heavy atom. The summed E-state index contributed by atoms with van der Waals surface area (Å²) in [6.07, 6.45) is 2.33. The summed E-state index contributed by atoms with van der Waals surface area (Å²) >= 11 is 0. The summed E-state index contributed by atoms with van der Waals surface area (Å²) in [4.78, 5) is 0. The van der Waals surface area contributed by atoms with Crippen LogP contribution >= 0.6 is 0 Å². The minimum atomic E-state index is -2.30. The monoisotopic (exact) mass is 308 g/mol. The maximum atomic E-state index is 6.21. The molecule has 0 N–H and O–H groups in total. The lowest BCUT2D eigenvalue weighted by molar-refractivity contribution is -0.106. The van der Waals surface area contributed by atoms with E-state index < -0.39 is 8.56 Å². The molecule has 0 atom stereocenters. The maximum absolute atomic E-state index is 6.21. The Kier molecular flexibility index (Phi) is 5.99. The lowest BCUT2D eigenvalue weighted by Gasteiger charge is -2.39. The molecule has 2 rings (SSSR count). The summed E-state index contributed by atoms with van der Waals surface area (Å²) in [5, 5.41) is 1.25. The Hall–Kier alpha value is -0.683. The second kappa shape index (κ2) is 7.54. The Morgan fingerprint density at radius 1 is 1.10 bits per heavy atom. The molecule has 0 bridgehead atoms. The van der Waals surface area contributed by atoms with Crippen molar-refractivity contribution in [1.29, 1.82) is 0 Å². The van der Waals surface area contributed by atoms with Gasteiger partial charge in [-0.3, -0.25) is 0 Å². The molecule has 0 saturated carbocycles. The first-order valence-corrected chi connectivity index (χ1v) is 10.1. The number of hydrogen-bond donors (Lipinski definition) is 0. The van der Waals surface area contributed by atoms with E-state index in [4.69, 9.17) is 13.6 Å². The van der Waals surface area contributed by atoms with Gasteiger partial charge in [0.25, 0.3) is 0 Å². The van der Waals surface area contributed by atoms with Gasteiger partial charge in [-0.1, -0.05) is 43.7 Å². The number of rotatable bonds is 9. The zero-order valence-corrected chi connectivity index (χ0v) is 14.6. The molecule has 0 unspecified atom stereocenters. The first-order chi connectivity index (χ1) is 10.1. The van der Waals surface area contributed by atoms with Crippen LogP contribution in [-0.2, 0) is 13.6 Å². The molecule has 0 aliphatic carbocycles. The van der Waals surface area contributed by atoms with Crippen molar-refractivity contribution in [2.24, 2.45) is 5.41 Å². The highest BCUT2D eigenvalue weighted by atomic mass is 28.4. The van der Waals surface area contributed by atoms with Gasteiger partial charge >= 0.3 is 8.56 Å². The molecule has 1 saturated heterocycles. The molecule has 0 radical (unpaired) electrons. The van der Waals surface area contributed by atoms with Crippen LogP contribution in [0.15, 0.2) is 30.3 Å². The van der Waals surface area contributed by atoms with E-state index in [1.165, 1.54) is 11.6 Å². The van der Waals surface area contributed by atoms with Gasteiger partial charge < -0.3 is 13.6 Å². The summed E-state index contributed by atoms with van der Waals surface area (Å²) in [6.45, 7) is 9.65. The summed E-state index contributed by atoms with van der Waals surface area (Å²) in [5.41, 5.74) is 0.370. The fourth-order valence-corrected chi connectivity index (χ4v) is 6.27. The van der Waals surface area contributed by atoms with Crippen LogP contribution in [-0.4, -0.2) is 35.0 Å². The highest BCUT2D eigenvalue weighted by Gasteiger charge is 2.40. The van der Waals surface area contributed by atoms with Crippen molar-refractivity contribution < 1.29 is 13.6 Å². The van der Waals surface area contributed by atoms with E-state index in [2.05, 4.69) is 45.0 Å². The zero-order valence-electron chi connectivity index (χ0n) is 13.6. The average Bonchev–Trinajstić information content (AvgIpc) is 2.47. The third kappa shape index (κ3) is 4.16. The molecule has 0 amide bonds. The zero-order chi connectivity index (χ0) is 15.2. The molecule has 118 valence electrons. The van der Waals surface area contributed by atoms with Crippen LogP contribution in [0.5, 0.6) is 0 Å². The highest BCUT2D eigenvalue weighted by Crippen LogP contribution is 2.33. The lowest BCUT2D eigenvalue weighted by atomic mass is 9.84. The topological polar surface area (TPSA) is 27.7 Å². The molecule has 4 heteroatoms. The van der Waals surface area contributed by atoms with Gasteiger partial charge in [-0.25, -0.2) is 0 Å². The van der Waals surface area contributed by atoms with E-state index in [1.807, 2.05) is 6.07 Å². The smallest absolute Gasteiger partial charge is 0.372 e. The number of ether oxygens (including phenoxy) is 1. The molecular weight excluding hydrogens is 280 g/mol. The minimum Gasteiger partial charge on any atom is -0.391 e. The third-order valence-corrected chi connectivity index (χ3v) is 7.89. The minimum absolute atomic E-state index is 0.370. The highest BCUT2D eigenvalue weighted by molar-refractivity contribution is 6.81. The van der Waals surface area contributed by atoms with Crippen molar-refractivity contribution >= 4 is 13.7 Å². The number of hydrogen-bond acceptors (Lipinski definition) is 3. The van der Waals surface area contributed by atoms with E-state index >= 15 is 0 Å². The van der Waals surface area contributed by atoms with Gasteiger partial charge in [0.05, 0.1) is 13.2 Å². The quantitative estimate of drug-likeness (QED) is 0.656. The average molecular weight is 308 g/mol.